The highest BCUT2D eigenvalue weighted by Gasteiger charge is 2.18. The van der Waals surface area contributed by atoms with Gasteiger partial charge in [-0.3, -0.25) is 0 Å². The van der Waals surface area contributed by atoms with Gasteiger partial charge in [0.05, 0.1) is 6.61 Å². The van der Waals surface area contributed by atoms with Crippen molar-refractivity contribution in [3.8, 4) is 5.75 Å². The third-order valence-electron chi connectivity index (χ3n) is 3.88. The second-order valence-corrected chi connectivity index (χ2v) is 6.26. The molecule has 1 fully saturated rings. The average molecular weight is 426 g/mol. The van der Waals surface area contributed by atoms with Crippen LogP contribution < -0.4 is 10.1 Å². The molecule has 9 nitrogen and oxygen atoms in total. The van der Waals surface area contributed by atoms with E-state index in [0.29, 0.717) is 43.2 Å². The van der Waals surface area contributed by atoms with Gasteiger partial charge < -0.3 is 29.9 Å². The van der Waals surface area contributed by atoms with Gasteiger partial charge in [-0.25, -0.2) is 18.8 Å². The number of hydrogen-bond donors (Lipinski definition) is 3. The highest BCUT2D eigenvalue weighted by atomic mass is 19.1. The minimum atomic E-state index is -1.26. The number of halogens is 1. The van der Waals surface area contributed by atoms with Crippen molar-refractivity contribution in [1.29, 1.82) is 0 Å². The van der Waals surface area contributed by atoms with Crippen molar-refractivity contribution in [2.24, 2.45) is 0 Å². The summed E-state index contributed by atoms with van der Waals surface area (Å²) in [5.41, 5.74) is 0.331. The largest absolute Gasteiger partial charge is 0.494 e. The molecule has 0 spiro atoms. The van der Waals surface area contributed by atoms with Crippen molar-refractivity contribution < 1.29 is 38.5 Å². The molecule has 1 aliphatic heterocycles. The second-order valence-electron chi connectivity index (χ2n) is 6.26. The van der Waals surface area contributed by atoms with Gasteiger partial charge in [0.2, 0.25) is 0 Å². The molecular formula is C20H27FN2O7. The fraction of sp³-hybridized carbons (Fsp3) is 0.450. The lowest BCUT2D eigenvalue weighted by Gasteiger charge is -2.26. The fourth-order valence-electron chi connectivity index (χ4n) is 2.31. The van der Waals surface area contributed by atoms with E-state index in [2.05, 4.69) is 12.2 Å². The molecule has 166 valence electrons. The van der Waals surface area contributed by atoms with Crippen molar-refractivity contribution in [2.45, 2.75) is 26.4 Å². The molecular weight excluding hydrogens is 399 g/mol. The van der Waals surface area contributed by atoms with E-state index < -0.39 is 23.8 Å². The van der Waals surface area contributed by atoms with Gasteiger partial charge in [0, 0.05) is 43.9 Å². The number of unbranched alkanes of at least 4 members (excludes halogenated alkanes) is 1. The van der Waals surface area contributed by atoms with Crippen molar-refractivity contribution in [3.05, 3.63) is 41.7 Å². The van der Waals surface area contributed by atoms with Crippen LogP contribution in [0.1, 0.15) is 25.3 Å². The zero-order valence-electron chi connectivity index (χ0n) is 16.8. The second kappa shape index (κ2) is 13.9. The van der Waals surface area contributed by atoms with Gasteiger partial charge in [-0.05, 0) is 24.6 Å². The number of aliphatic carboxylic acids is 2. The molecule has 0 aromatic heterocycles. The minimum Gasteiger partial charge on any atom is -0.494 e. The highest BCUT2D eigenvalue weighted by molar-refractivity contribution is 5.89. The molecule has 0 unspecified atom stereocenters. The Bertz CT molecular complexity index is 718. The predicted molar refractivity (Wildman–Crippen MR) is 106 cm³/mol. The van der Waals surface area contributed by atoms with Crippen molar-refractivity contribution in [3.63, 3.8) is 0 Å². The topological polar surface area (TPSA) is 125 Å². The first kappa shape index (κ1) is 24.9. The third-order valence-corrected chi connectivity index (χ3v) is 3.88. The molecule has 0 bridgehead atoms. The Morgan fingerprint density at radius 3 is 2.37 bits per heavy atom. The summed E-state index contributed by atoms with van der Waals surface area (Å²) in [4.78, 5) is 32.6. The molecule has 10 heteroatoms. The van der Waals surface area contributed by atoms with Crippen LogP contribution in [0.2, 0.25) is 0 Å². The molecule has 1 aromatic rings. The molecule has 1 saturated heterocycles. The maximum Gasteiger partial charge on any atom is 0.410 e. The smallest absolute Gasteiger partial charge is 0.410 e. The van der Waals surface area contributed by atoms with E-state index in [1.165, 1.54) is 6.07 Å². The SMILES string of the molecule is CCCCOc1ccc(F)c(COC(=O)N2CCNCC2)c1.O=C(O)C=CC(=O)O. The third kappa shape index (κ3) is 10.4. The van der Waals surface area contributed by atoms with Gasteiger partial charge in [-0.1, -0.05) is 13.3 Å². The van der Waals surface area contributed by atoms with Crippen LogP contribution in [-0.4, -0.2) is 65.9 Å². The van der Waals surface area contributed by atoms with E-state index in [4.69, 9.17) is 19.7 Å². The molecule has 2 rings (SSSR count). The summed E-state index contributed by atoms with van der Waals surface area (Å²) in [6.45, 7) is 5.33. The average Bonchev–Trinajstić information content (AvgIpc) is 2.73. The van der Waals surface area contributed by atoms with Gasteiger partial charge in [0.15, 0.2) is 0 Å². The lowest BCUT2D eigenvalue weighted by Crippen LogP contribution is -2.46. The number of nitrogens with one attached hydrogen (secondary N) is 1. The summed E-state index contributed by atoms with van der Waals surface area (Å²) in [5, 5.41) is 18.8. The molecule has 1 heterocycles. The Hall–Kier alpha value is -3.14. The van der Waals surface area contributed by atoms with Crippen molar-refractivity contribution in [2.75, 3.05) is 32.8 Å². The quantitative estimate of drug-likeness (QED) is 0.427. The number of benzene rings is 1. The van der Waals surface area contributed by atoms with Gasteiger partial charge in [0.25, 0.3) is 0 Å². The predicted octanol–water partition coefficient (Wildman–Crippen LogP) is 2.26. The zero-order chi connectivity index (χ0) is 22.4. The Kier molecular flexibility index (Phi) is 11.6. The van der Waals surface area contributed by atoms with Crippen molar-refractivity contribution in [1.82, 2.24) is 10.2 Å². The number of rotatable bonds is 8. The molecule has 3 N–H and O–H groups in total. The number of amides is 1. The summed E-state index contributed by atoms with van der Waals surface area (Å²) < 4.78 is 24.5. The molecule has 0 aliphatic carbocycles. The van der Waals surface area contributed by atoms with Gasteiger partial charge in [0.1, 0.15) is 18.2 Å². The van der Waals surface area contributed by atoms with Crippen LogP contribution >= 0.6 is 0 Å². The Labute approximate surface area is 174 Å². The first-order chi connectivity index (χ1) is 14.3. The van der Waals surface area contributed by atoms with E-state index in [1.807, 2.05) is 0 Å². The number of carbonyl (C=O) groups excluding carboxylic acids is 1. The number of ether oxygens (including phenoxy) is 2. The van der Waals surface area contributed by atoms with Crippen LogP contribution in [0.15, 0.2) is 30.4 Å². The molecule has 1 aliphatic rings. The van der Waals surface area contributed by atoms with E-state index >= 15 is 0 Å². The number of hydrogen-bond acceptors (Lipinski definition) is 6. The van der Waals surface area contributed by atoms with Crippen molar-refractivity contribution >= 4 is 18.0 Å². The van der Waals surface area contributed by atoms with E-state index in [0.717, 1.165) is 25.9 Å². The normalized spacial score (nSPS) is 13.3. The van der Waals surface area contributed by atoms with Crippen LogP contribution in [-0.2, 0) is 20.9 Å². The molecule has 1 amide bonds. The molecule has 0 atom stereocenters. The summed E-state index contributed by atoms with van der Waals surface area (Å²) in [5.74, 6) is -2.31. The van der Waals surface area contributed by atoms with E-state index in [9.17, 15) is 18.8 Å². The lowest BCUT2D eigenvalue weighted by molar-refractivity contribution is -0.134. The standard InChI is InChI=1S/C16H23FN2O3.C4H4O4/c1-2-3-10-21-14-4-5-15(17)13(11-14)12-22-16(20)19-8-6-18-7-9-19;5-3(6)1-2-4(7)8/h4-5,11,18H,2-3,6-10,12H2,1H3;1-2H,(H,5,6)(H,7,8). The van der Waals surface area contributed by atoms with Crippen LogP contribution in [0.4, 0.5) is 9.18 Å². The Morgan fingerprint density at radius 2 is 1.80 bits per heavy atom. The highest BCUT2D eigenvalue weighted by Crippen LogP contribution is 2.18. The monoisotopic (exact) mass is 426 g/mol. The van der Waals surface area contributed by atoms with Crippen LogP contribution in [0.5, 0.6) is 5.75 Å². The summed E-state index contributed by atoms with van der Waals surface area (Å²) in [6.07, 6.45) is 2.70. The van der Waals surface area contributed by atoms with Gasteiger partial charge >= 0.3 is 18.0 Å². The fourth-order valence-corrected chi connectivity index (χ4v) is 2.31. The first-order valence-corrected chi connectivity index (χ1v) is 9.51. The molecule has 0 saturated carbocycles. The lowest BCUT2D eigenvalue weighted by atomic mass is 10.2. The van der Waals surface area contributed by atoms with Crippen LogP contribution in [0, 0.1) is 5.82 Å². The van der Waals surface area contributed by atoms with Gasteiger partial charge in [-0.2, -0.15) is 0 Å². The number of carboxylic acids is 2. The number of carbonyl (C=O) groups is 3. The first-order valence-electron chi connectivity index (χ1n) is 9.51. The summed E-state index contributed by atoms with van der Waals surface area (Å²) >= 11 is 0. The minimum absolute atomic E-state index is 0.0838. The van der Waals surface area contributed by atoms with Crippen LogP contribution in [0.3, 0.4) is 0 Å². The Morgan fingerprint density at radius 1 is 1.17 bits per heavy atom. The van der Waals surface area contributed by atoms with E-state index in [-0.39, 0.29) is 6.61 Å². The maximum atomic E-state index is 13.8. The molecule has 1 aromatic carbocycles. The van der Waals surface area contributed by atoms with Crippen LogP contribution in [0.25, 0.3) is 0 Å². The van der Waals surface area contributed by atoms with E-state index in [1.54, 1.807) is 17.0 Å². The Balaban J connectivity index is 0.000000479. The summed E-state index contributed by atoms with van der Waals surface area (Å²) in [7, 11) is 0. The zero-order valence-corrected chi connectivity index (χ0v) is 16.8. The summed E-state index contributed by atoms with van der Waals surface area (Å²) in [6, 6.07) is 4.53. The number of piperazine rings is 1. The maximum absolute atomic E-state index is 13.8. The number of carboxylic acid groups (broad SMARTS) is 2. The molecule has 0 radical (unpaired) electrons. The molecule has 30 heavy (non-hydrogen) atoms. The van der Waals surface area contributed by atoms with Gasteiger partial charge in [-0.15, -0.1) is 0 Å². The number of nitrogens with zero attached hydrogens (tertiary/aromatic N) is 1.